The zero-order valence-corrected chi connectivity index (χ0v) is 18.7. The van der Waals surface area contributed by atoms with Crippen molar-refractivity contribution in [2.24, 2.45) is 5.92 Å². The first-order chi connectivity index (χ1) is 14.3. The summed E-state index contributed by atoms with van der Waals surface area (Å²) in [5.74, 6) is 0.949. The molecule has 0 fully saturated rings. The lowest BCUT2D eigenvalue weighted by atomic mass is 10.1. The molecule has 0 atom stereocenters. The Balaban J connectivity index is 2.24. The molecule has 2 amide bonds. The first-order valence-electron chi connectivity index (χ1n) is 9.87. The predicted octanol–water partition coefficient (Wildman–Crippen LogP) is 4.16. The highest BCUT2D eigenvalue weighted by molar-refractivity contribution is 6.31. The van der Waals surface area contributed by atoms with Crippen LogP contribution in [-0.2, 0) is 11.3 Å². The highest BCUT2D eigenvalue weighted by Crippen LogP contribution is 2.28. The Labute approximate surface area is 183 Å². The van der Waals surface area contributed by atoms with Crippen molar-refractivity contribution in [1.29, 1.82) is 0 Å². The van der Waals surface area contributed by atoms with Crippen LogP contribution in [0.3, 0.4) is 0 Å². The van der Waals surface area contributed by atoms with Crippen LogP contribution in [0.2, 0.25) is 5.02 Å². The standard InChI is InChI=1S/C23H29ClN2O4/c1-16(2)11-12-25-22(27)15-26(14-18-7-5-6-8-19(18)24)23(28)17-9-10-20(29-3)21(13-17)30-4/h5-10,13,16H,11-12,14-15H2,1-4H3,(H,25,27). The molecule has 0 spiro atoms. The third kappa shape index (κ3) is 6.66. The number of halogens is 1. The predicted molar refractivity (Wildman–Crippen MR) is 118 cm³/mol. The molecule has 0 saturated heterocycles. The number of carbonyl (C=O) groups is 2. The van der Waals surface area contributed by atoms with Crippen LogP contribution < -0.4 is 14.8 Å². The van der Waals surface area contributed by atoms with Gasteiger partial charge in [0.2, 0.25) is 5.91 Å². The molecular weight excluding hydrogens is 404 g/mol. The Morgan fingerprint density at radius 3 is 2.40 bits per heavy atom. The van der Waals surface area contributed by atoms with E-state index in [-0.39, 0.29) is 24.9 Å². The van der Waals surface area contributed by atoms with E-state index in [1.807, 2.05) is 18.2 Å². The Kier molecular flexibility index (Phi) is 8.99. The summed E-state index contributed by atoms with van der Waals surface area (Å²) in [5.41, 5.74) is 1.16. The lowest BCUT2D eigenvalue weighted by Gasteiger charge is -2.23. The van der Waals surface area contributed by atoms with Gasteiger partial charge in [-0.2, -0.15) is 0 Å². The minimum absolute atomic E-state index is 0.0729. The van der Waals surface area contributed by atoms with Gasteiger partial charge in [0.25, 0.3) is 5.91 Å². The Morgan fingerprint density at radius 1 is 1.07 bits per heavy atom. The molecule has 0 heterocycles. The lowest BCUT2D eigenvalue weighted by molar-refractivity contribution is -0.121. The van der Waals surface area contributed by atoms with Gasteiger partial charge >= 0.3 is 0 Å². The van der Waals surface area contributed by atoms with Crippen LogP contribution >= 0.6 is 11.6 Å². The smallest absolute Gasteiger partial charge is 0.254 e. The van der Waals surface area contributed by atoms with Crippen molar-refractivity contribution >= 4 is 23.4 Å². The largest absolute Gasteiger partial charge is 0.493 e. The van der Waals surface area contributed by atoms with Crippen LogP contribution in [0.4, 0.5) is 0 Å². The quantitative estimate of drug-likeness (QED) is 0.612. The molecule has 2 aromatic carbocycles. The van der Waals surface area contributed by atoms with Crippen LogP contribution in [0.1, 0.15) is 36.2 Å². The third-order valence-corrected chi connectivity index (χ3v) is 4.98. The van der Waals surface area contributed by atoms with Crippen LogP contribution in [-0.4, -0.2) is 44.0 Å². The highest BCUT2D eigenvalue weighted by atomic mass is 35.5. The highest BCUT2D eigenvalue weighted by Gasteiger charge is 2.21. The molecule has 162 valence electrons. The Morgan fingerprint density at radius 2 is 1.77 bits per heavy atom. The second kappa shape index (κ2) is 11.5. The summed E-state index contributed by atoms with van der Waals surface area (Å²) in [6.45, 7) is 4.90. The maximum absolute atomic E-state index is 13.3. The van der Waals surface area contributed by atoms with Gasteiger partial charge in [-0.3, -0.25) is 9.59 Å². The molecule has 0 aliphatic rings. The molecule has 0 aliphatic carbocycles. The first kappa shape index (κ1) is 23.5. The SMILES string of the molecule is COc1ccc(C(=O)N(CC(=O)NCCC(C)C)Cc2ccccc2Cl)cc1OC. The van der Waals surface area contributed by atoms with Crippen molar-refractivity contribution in [2.45, 2.75) is 26.8 Å². The molecule has 30 heavy (non-hydrogen) atoms. The van der Waals surface area contributed by atoms with E-state index in [9.17, 15) is 9.59 Å². The number of benzene rings is 2. The van der Waals surface area contributed by atoms with E-state index in [1.165, 1.54) is 19.1 Å². The average molecular weight is 433 g/mol. The number of ether oxygens (including phenoxy) is 2. The van der Waals surface area contributed by atoms with E-state index in [1.54, 1.807) is 24.3 Å². The Hall–Kier alpha value is -2.73. The van der Waals surface area contributed by atoms with Gasteiger partial charge in [0.15, 0.2) is 11.5 Å². The summed E-state index contributed by atoms with van der Waals surface area (Å²) >= 11 is 6.29. The van der Waals surface area contributed by atoms with Gasteiger partial charge in [0, 0.05) is 23.7 Å². The molecule has 0 unspecified atom stereocenters. The van der Waals surface area contributed by atoms with E-state index >= 15 is 0 Å². The van der Waals surface area contributed by atoms with E-state index < -0.39 is 0 Å². The van der Waals surface area contributed by atoms with Gasteiger partial charge in [-0.25, -0.2) is 0 Å². The second-order valence-electron chi connectivity index (χ2n) is 7.35. The fraction of sp³-hybridized carbons (Fsp3) is 0.391. The molecular formula is C23H29ClN2O4. The number of hydrogen-bond acceptors (Lipinski definition) is 4. The molecule has 1 N–H and O–H groups in total. The molecule has 0 aliphatic heterocycles. The summed E-state index contributed by atoms with van der Waals surface area (Å²) in [6.07, 6.45) is 0.875. The maximum atomic E-state index is 13.3. The zero-order chi connectivity index (χ0) is 22.1. The lowest BCUT2D eigenvalue weighted by Crippen LogP contribution is -2.40. The van der Waals surface area contributed by atoms with Crippen molar-refractivity contribution in [3.8, 4) is 11.5 Å². The third-order valence-electron chi connectivity index (χ3n) is 4.62. The summed E-state index contributed by atoms with van der Waals surface area (Å²) in [6, 6.07) is 12.2. The van der Waals surface area contributed by atoms with Crippen LogP contribution in [0.15, 0.2) is 42.5 Å². The summed E-state index contributed by atoms with van der Waals surface area (Å²) in [7, 11) is 3.04. The van der Waals surface area contributed by atoms with Gasteiger partial charge in [-0.15, -0.1) is 0 Å². The van der Waals surface area contributed by atoms with Gasteiger partial charge in [0.05, 0.1) is 14.2 Å². The molecule has 0 radical (unpaired) electrons. The van der Waals surface area contributed by atoms with Crippen molar-refractivity contribution in [3.05, 3.63) is 58.6 Å². The minimum Gasteiger partial charge on any atom is -0.493 e. The molecule has 2 rings (SSSR count). The monoisotopic (exact) mass is 432 g/mol. The topological polar surface area (TPSA) is 67.9 Å². The number of amides is 2. The second-order valence-corrected chi connectivity index (χ2v) is 7.76. The molecule has 0 saturated carbocycles. The number of hydrogen-bond donors (Lipinski definition) is 1. The van der Waals surface area contributed by atoms with E-state index in [2.05, 4.69) is 19.2 Å². The van der Waals surface area contributed by atoms with Crippen LogP contribution in [0, 0.1) is 5.92 Å². The zero-order valence-electron chi connectivity index (χ0n) is 17.9. The normalized spacial score (nSPS) is 10.6. The van der Waals surface area contributed by atoms with E-state index in [0.717, 1.165) is 12.0 Å². The number of nitrogens with one attached hydrogen (secondary N) is 1. The van der Waals surface area contributed by atoms with Gasteiger partial charge in [-0.1, -0.05) is 43.6 Å². The molecule has 2 aromatic rings. The Bertz CT molecular complexity index is 870. The summed E-state index contributed by atoms with van der Waals surface area (Å²) in [5, 5.41) is 3.43. The average Bonchev–Trinajstić information content (AvgIpc) is 2.73. The van der Waals surface area contributed by atoms with E-state index in [0.29, 0.717) is 34.5 Å². The first-order valence-corrected chi connectivity index (χ1v) is 10.2. The summed E-state index contributed by atoms with van der Waals surface area (Å²) in [4.78, 5) is 27.2. The van der Waals surface area contributed by atoms with Crippen LogP contribution in [0.5, 0.6) is 11.5 Å². The molecule has 6 nitrogen and oxygen atoms in total. The number of rotatable bonds is 10. The molecule has 7 heteroatoms. The molecule has 0 aromatic heterocycles. The van der Waals surface area contributed by atoms with Crippen molar-refractivity contribution in [3.63, 3.8) is 0 Å². The van der Waals surface area contributed by atoms with Crippen molar-refractivity contribution < 1.29 is 19.1 Å². The van der Waals surface area contributed by atoms with Crippen molar-refractivity contribution in [1.82, 2.24) is 10.2 Å². The van der Waals surface area contributed by atoms with Gasteiger partial charge in [0.1, 0.15) is 6.54 Å². The molecule has 0 bridgehead atoms. The fourth-order valence-electron chi connectivity index (χ4n) is 2.91. The van der Waals surface area contributed by atoms with Gasteiger partial charge in [-0.05, 0) is 42.2 Å². The minimum atomic E-state index is -0.296. The number of nitrogens with zero attached hydrogens (tertiary/aromatic N) is 1. The fourth-order valence-corrected chi connectivity index (χ4v) is 3.11. The van der Waals surface area contributed by atoms with Crippen molar-refractivity contribution in [2.75, 3.05) is 27.3 Å². The van der Waals surface area contributed by atoms with Crippen LogP contribution in [0.25, 0.3) is 0 Å². The maximum Gasteiger partial charge on any atom is 0.254 e. The number of carbonyl (C=O) groups excluding carboxylic acids is 2. The van der Waals surface area contributed by atoms with E-state index in [4.69, 9.17) is 21.1 Å². The summed E-state index contributed by atoms with van der Waals surface area (Å²) < 4.78 is 10.5. The number of methoxy groups -OCH3 is 2. The van der Waals surface area contributed by atoms with Gasteiger partial charge < -0.3 is 19.7 Å².